The summed E-state index contributed by atoms with van der Waals surface area (Å²) in [4.78, 5) is 24.4. The summed E-state index contributed by atoms with van der Waals surface area (Å²) in [5, 5.41) is 6.80. The van der Waals surface area contributed by atoms with Crippen molar-refractivity contribution in [2.75, 3.05) is 21.3 Å². The predicted octanol–water partition coefficient (Wildman–Crippen LogP) is 2.52. The minimum Gasteiger partial charge on any atom is -0.496 e. The Hall–Kier alpha value is -3.55. The highest BCUT2D eigenvalue weighted by Crippen LogP contribution is 2.27. The Labute approximate surface area is 169 Å². The van der Waals surface area contributed by atoms with Crippen molar-refractivity contribution < 1.29 is 23.8 Å². The molecule has 0 aliphatic carbocycles. The smallest absolute Gasteiger partial charge is 0.271 e. The number of amides is 2. The van der Waals surface area contributed by atoms with Crippen molar-refractivity contribution in [1.29, 1.82) is 0 Å². The van der Waals surface area contributed by atoms with Crippen molar-refractivity contribution in [1.82, 2.24) is 10.7 Å². The van der Waals surface area contributed by atoms with Crippen LogP contribution in [0, 0.1) is 0 Å². The van der Waals surface area contributed by atoms with E-state index in [-0.39, 0.29) is 12.3 Å². The predicted molar refractivity (Wildman–Crippen MR) is 110 cm³/mol. The lowest BCUT2D eigenvalue weighted by Crippen LogP contribution is -2.26. The number of para-hydroxylation sites is 1. The molecule has 8 nitrogen and oxygen atoms in total. The van der Waals surface area contributed by atoms with Crippen LogP contribution in [0.2, 0.25) is 0 Å². The molecule has 154 valence electrons. The van der Waals surface area contributed by atoms with Gasteiger partial charge in [-0.15, -0.1) is 0 Å². The lowest BCUT2D eigenvalue weighted by molar-refractivity contribution is -0.120. The summed E-state index contributed by atoms with van der Waals surface area (Å²) in [5.41, 5.74) is 4.14. The summed E-state index contributed by atoms with van der Waals surface area (Å²) < 4.78 is 15.6. The number of rotatable bonds is 9. The number of carbonyl (C=O) groups is 2. The zero-order valence-electron chi connectivity index (χ0n) is 16.9. The van der Waals surface area contributed by atoms with E-state index < -0.39 is 5.91 Å². The van der Waals surface area contributed by atoms with Crippen LogP contribution in [-0.4, -0.2) is 38.9 Å². The van der Waals surface area contributed by atoms with Crippen LogP contribution in [0.3, 0.4) is 0 Å². The zero-order chi connectivity index (χ0) is 21.2. The van der Waals surface area contributed by atoms with Crippen LogP contribution in [0.15, 0.2) is 47.6 Å². The molecule has 0 heterocycles. The van der Waals surface area contributed by atoms with Gasteiger partial charge in [0.05, 0.1) is 27.8 Å². The summed E-state index contributed by atoms with van der Waals surface area (Å²) in [6.45, 7) is 2.01. The minimum atomic E-state index is -0.417. The molecule has 0 fully saturated rings. The molecule has 0 aromatic heterocycles. The maximum absolute atomic E-state index is 12.3. The van der Waals surface area contributed by atoms with Crippen LogP contribution < -0.4 is 25.0 Å². The molecule has 0 atom stereocenters. The molecule has 2 aromatic rings. The van der Waals surface area contributed by atoms with E-state index in [2.05, 4.69) is 15.8 Å². The molecule has 0 unspecified atom stereocenters. The number of nitrogens with zero attached hydrogens (tertiary/aromatic N) is 1. The highest BCUT2D eigenvalue weighted by atomic mass is 16.5. The number of hydrazone groups is 1. The van der Waals surface area contributed by atoms with Crippen molar-refractivity contribution in [3.05, 3.63) is 53.6 Å². The highest BCUT2D eigenvalue weighted by Gasteiger charge is 2.11. The number of nitrogens with one attached hydrogen (secondary N) is 2. The van der Waals surface area contributed by atoms with E-state index in [0.29, 0.717) is 35.1 Å². The minimum absolute atomic E-state index is 0.0569. The molecule has 2 amide bonds. The molecule has 0 aliphatic heterocycles. The van der Waals surface area contributed by atoms with Gasteiger partial charge < -0.3 is 19.5 Å². The molecule has 2 aromatic carbocycles. The maximum Gasteiger partial charge on any atom is 0.271 e. The van der Waals surface area contributed by atoms with Gasteiger partial charge in [0.15, 0.2) is 11.5 Å². The first-order valence-electron chi connectivity index (χ1n) is 8.92. The SMILES string of the molecule is COc1ccccc1CNC(=O)C/C(C)=N/NC(=O)c1ccc(OC)c(OC)c1. The lowest BCUT2D eigenvalue weighted by Gasteiger charge is -2.10. The van der Waals surface area contributed by atoms with Crippen molar-refractivity contribution in [3.63, 3.8) is 0 Å². The van der Waals surface area contributed by atoms with Gasteiger partial charge in [0.25, 0.3) is 5.91 Å². The summed E-state index contributed by atoms with van der Waals surface area (Å²) in [6, 6.07) is 12.2. The molecule has 8 heteroatoms. The van der Waals surface area contributed by atoms with Gasteiger partial charge >= 0.3 is 0 Å². The van der Waals surface area contributed by atoms with Crippen LogP contribution in [0.1, 0.15) is 29.3 Å². The Morgan fingerprint density at radius 3 is 2.31 bits per heavy atom. The largest absolute Gasteiger partial charge is 0.496 e. The molecule has 0 saturated carbocycles. The van der Waals surface area contributed by atoms with E-state index in [9.17, 15) is 9.59 Å². The van der Waals surface area contributed by atoms with Crippen molar-refractivity contribution >= 4 is 17.5 Å². The van der Waals surface area contributed by atoms with Gasteiger partial charge in [0.1, 0.15) is 5.75 Å². The van der Waals surface area contributed by atoms with Crippen molar-refractivity contribution in [2.24, 2.45) is 5.10 Å². The fraction of sp³-hybridized carbons (Fsp3) is 0.286. The van der Waals surface area contributed by atoms with E-state index >= 15 is 0 Å². The summed E-state index contributed by atoms with van der Waals surface area (Å²) in [5.74, 6) is 1.05. The Morgan fingerprint density at radius 1 is 0.931 bits per heavy atom. The molecule has 29 heavy (non-hydrogen) atoms. The third-order valence-electron chi connectivity index (χ3n) is 4.08. The third-order valence-corrected chi connectivity index (χ3v) is 4.08. The number of hydrogen-bond donors (Lipinski definition) is 2. The van der Waals surface area contributed by atoms with Gasteiger partial charge in [-0.05, 0) is 31.2 Å². The fourth-order valence-electron chi connectivity index (χ4n) is 2.57. The summed E-state index contributed by atoms with van der Waals surface area (Å²) in [7, 11) is 4.59. The first-order valence-corrected chi connectivity index (χ1v) is 8.92. The molecule has 0 aliphatic rings. The Morgan fingerprint density at radius 2 is 1.62 bits per heavy atom. The number of methoxy groups -OCH3 is 3. The molecule has 0 radical (unpaired) electrons. The molecule has 2 rings (SSSR count). The standard InChI is InChI=1S/C21H25N3O5/c1-14(11-20(25)22-13-16-7-5-6-8-17(16)27-2)23-24-21(26)15-9-10-18(28-3)19(12-15)29-4/h5-10,12H,11,13H2,1-4H3,(H,22,25)(H,24,26)/b23-14+. The molecule has 0 bridgehead atoms. The van der Waals surface area contributed by atoms with E-state index in [4.69, 9.17) is 14.2 Å². The van der Waals surface area contributed by atoms with Gasteiger partial charge in [-0.3, -0.25) is 9.59 Å². The molecular weight excluding hydrogens is 374 g/mol. The average Bonchev–Trinajstić information content (AvgIpc) is 2.75. The second-order valence-electron chi connectivity index (χ2n) is 6.12. The zero-order valence-corrected chi connectivity index (χ0v) is 16.9. The average molecular weight is 399 g/mol. The number of hydrogen-bond acceptors (Lipinski definition) is 6. The van der Waals surface area contributed by atoms with Gasteiger partial charge in [0, 0.05) is 23.4 Å². The second-order valence-corrected chi connectivity index (χ2v) is 6.12. The molecule has 0 saturated heterocycles. The monoisotopic (exact) mass is 399 g/mol. The fourth-order valence-corrected chi connectivity index (χ4v) is 2.57. The molecule has 0 spiro atoms. The van der Waals surface area contributed by atoms with E-state index in [0.717, 1.165) is 5.56 Å². The van der Waals surface area contributed by atoms with Gasteiger partial charge in [-0.25, -0.2) is 5.43 Å². The number of benzene rings is 2. The van der Waals surface area contributed by atoms with Crippen LogP contribution in [0.5, 0.6) is 17.2 Å². The quantitative estimate of drug-likeness (QED) is 0.499. The molecule has 2 N–H and O–H groups in total. The van der Waals surface area contributed by atoms with Crippen LogP contribution in [0.25, 0.3) is 0 Å². The topological polar surface area (TPSA) is 98.2 Å². The molecular formula is C21H25N3O5. The van der Waals surface area contributed by atoms with Gasteiger partial charge in [-0.1, -0.05) is 18.2 Å². The van der Waals surface area contributed by atoms with Crippen LogP contribution >= 0.6 is 0 Å². The van der Waals surface area contributed by atoms with E-state index in [1.807, 2.05) is 24.3 Å². The van der Waals surface area contributed by atoms with Crippen LogP contribution in [0.4, 0.5) is 0 Å². The number of carbonyl (C=O) groups excluding carboxylic acids is 2. The highest BCUT2D eigenvalue weighted by molar-refractivity contribution is 6.01. The second kappa shape index (κ2) is 10.7. The van der Waals surface area contributed by atoms with E-state index in [1.54, 1.807) is 32.2 Å². The number of ether oxygens (including phenoxy) is 3. The van der Waals surface area contributed by atoms with Gasteiger partial charge in [0.2, 0.25) is 5.91 Å². The normalized spacial score (nSPS) is 10.8. The van der Waals surface area contributed by atoms with Gasteiger partial charge in [-0.2, -0.15) is 5.10 Å². The summed E-state index contributed by atoms with van der Waals surface area (Å²) in [6.07, 6.45) is 0.0569. The Balaban J connectivity index is 1.89. The lowest BCUT2D eigenvalue weighted by atomic mass is 10.2. The summed E-state index contributed by atoms with van der Waals surface area (Å²) >= 11 is 0. The van der Waals surface area contributed by atoms with Crippen molar-refractivity contribution in [2.45, 2.75) is 19.9 Å². The Bertz CT molecular complexity index is 896. The third kappa shape index (κ3) is 6.24. The maximum atomic E-state index is 12.3. The van der Waals surface area contributed by atoms with E-state index in [1.165, 1.54) is 14.2 Å². The van der Waals surface area contributed by atoms with Crippen LogP contribution in [-0.2, 0) is 11.3 Å². The Kier molecular flexibility index (Phi) is 8.02. The first kappa shape index (κ1) is 21.7. The van der Waals surface area contributed by atoms with Crippen molar-refractivity contribution in [3.8, 4) is 17.2 Å². The first-order chi connectivity index (χ1) is 14.0.